The number of nitrogens with one attached hydrogen (secondary N) is 1. The third-order valence-corrected chi connectivity index (χ3v) is 2.35. The second kappa shape index (κ2) is 7.54. The number of rotatable bonds is 6. The van der Waals surface area contributed by atoms with Gasteiger partial charge in [-0.1, -0.05) is 31.5 Å². The number of methoxy groups -OCH3 is 1. The van der Waals surface area contributed by atoms with Gasteiger partial charge in [0.2, 0.25) is 0 Å². The predicted octanol–water partition coefficient (Wildman–Crippen LogP) is 2.72. The van der Waals surface area contributed by atoms with Crippen molar-refractivity contribution < 1.29 is 14.3 Å². The lowest BCUT2D eigenvalue weighted by Gasteiger charge is -2.09. The summed E-state index contributed by atoms with van der Waals surface area (Å²) in [5.41, 5.74) is 0.933. The van der Waals surface area contributed by atoms with Crippen LogP contribution in [-0.2, 0) is 11.3 Å². The van der Waals surface area contributed by atoms with Crippen molar-refractivity contribution in [3.05, 3.63) is 29.8 Å². The van der Waals surface area contributed by atoms with Gasteiger partial charge in [0.1, 0.15) is 5.75 Å². The monoisotopic (exact) mass is 237 g/mol. The molecule has 17 heavy (non-hydrogen) atoms. The Morgan fingerprint density at radius 2 is 2.12 bits per heavy atom. The Kier molecular flexibility index (Phi) is 5.93. The van der Waals surface area contributed by atoms with Crippen molar-refractivity contribution in [2.24, 2.45) is 0 Å². The van der Waals surface area contributed by atoms with Crippen molar-refractivity contribution in [1.29, 1.82) is 0 Å². The van der Waals surface area contributed by atoms with Crippen LogP contribution in [0.25, 0.3) is 0 Å². The van der Waals surface area contributed by atoms with E-state index in [-0.39, 0.29) is 6.09 Å². The van der Waals surface area contributed by atoms with Crippen LogP contribution in [0, 0.1) is 0 Å². The molecule has 0 aliphatic rings. The van der Waals surface area contributed by atoms with Gasteiger partial charge in [-0.25, -0.2) is 4.79 Å². The topological polar surface area (TPSA) is 47.6 Å². The number of amides is 1. The van der Waals surface area contributed by atoms with Crippen LogP contribution in [0.5, 0.6) is 5.75 Å². The van der Waals surface area contributed by atoms with Crippen LogP contribution in [0.3, 0.4) is 0 Å². The minimum absolute atomic E-state index is 0.385. The van der Waals surface area contributed by atoms with E-state index in [4.69, 9.17) is 9.47 Å². The zero-order valence-corrected chi connectivity index (χ0v) is 10.4. The Morgan fingerprint density at radius 1 is 1.35 bits per heavy atom. The fraction of sp³-hybridized carbons (Fsp3) is 0.462. The molecule has 0 saturated heterocycles. The smallest absolute Gasteiger partial charge is 0.407 e. The highest BCUT2D eigenvalue weighted by Crippen LogP contribution is 2.16. The number of alkyl carbamates (subject to hydrolysis) is 1. The fourth-order valence-electron chi connectivity index (χ4n) is 1.38. The normalized spacial score (nSPS) is 9.76. The number of unbranched alkanes of at least 4 members (excludes halogenated alkanes) is 1. The highest BCUT2D eigenvalue weighted by Gasteiger charge is 2.04. The summed E-state index contributed by atoms with van der Waals surface area (Å²) in [6.45, 7) is 2.93. The van der Waals surface area contributed by atoms with Gasteiger partial charge in [0.05, 0.1) is 13.7 Å². The van der Waals surface area contributed by atoms with Gasteiger partial charge in [0, 0.05) is 12.1 Å². The Hall–Kier alpha value is -1.71. The summed E-state index contributed by atoms with van der Waals surface area (Å²) in [5.74, 6) is 0.765. The summed E-state index contributed by atoms with van der Waals surface area (Å²) in [6, 6.07) is 7.56. The molecule has 0 saturated carbocycles. The van der Waals surface area contributed by atoms with Crippen molar-refractivity contribution >= 4 is 6.09 Å². The zero-order valence-electron chi connectivity index (χ0n) is 10.4. The van der Waals surface area contributed by atoms with Gasteiger partial charge in [-0.05, 0) is 12.5 Å². The molecule has 0 atom stereocenters. The first-order chi connectivity index (χ1) is 8.27. The zero-order chi connectivity index (χ0) is 12.5. The molecular weight excluding hydrogens is 218 g/mol. The quantitative estimate of drug-likeness (QED) is 0.774. The highest BCUT2D eigenvalue weighted by atomic mass is 16.5. The minimum atomic E-state index is -0.385. The maximum atomic E-state index is 11.3. The van der Waals surface area contributed by atoms with Crippen LogP contribution in [0.4, 0.5) is 4.79 Å². The lowest BCUT2D eigenvalue weighted by atomic mass is 10.2. The highest BCUT2D eigenvalue weighted by molar-refractivity contribution is 5.67. The molecule has 0 bridgehead atoms. The maximum Gasteiger partial charge on any atom is 0.407 e. The summed E-state index contributed by atoms with van der Waals surface area (Å²) >= 11 is 0. The van der Waals surface area contributed by atoms with Crippen molar-refractivity contribution in [2.75, 3.05) is 13.7 Å². The molecule has 94 valence electrons. The van der Waals surface area contributed by atoms with Crippen LogP contribution in [0.2, 0.25) is 0 Å². The molecule has 1 N–H and O–H groups in total. The Balaban J connectivity index is 2.36. The molecule has 1 aromatic rings. The Labute approximate surface area is 102 Å². The SMILES string of the molecule is CCCCOC(=O)NCc1ccccc1OC. The van der Waals surface area contributed by atoms with E-state index in [9.17, 15) is 4.79 Å². The number of hydrogen-bond acceptors (Lipinski definition) is 3. The number of hydrogen-bond donors (Lipinski definition) is 1. The summed E-state index contributed by atoms with van der Waals surface area (Å²) in [6.07, 6.45) is 1.52. The molecule has 0 spiro atoms. The van der Waals surface area contributed by atoms with E-state index in [0.29, 0.717) is 13.2 Å². The van der Waals surface area contributed by atoms with Crippen LogP contribution >= 0.6 is 0 Å². The van der Waals surface area contributed by atoms with E-state index in [2.05, 4.69) is 12.2 Å². The van der Waals surface area contributed by atoms with E-state index < -0.39 is 0 Å². The van der Waals surface area contributed by atoms with Crippen molar-refractivity contribution in [1.82, 2.24) is 5.32 Å². The van der Waals surface area contributed by atoms with Crippen molar-refractivity contribution in [3.8, 4) is 5.75 Å². The van der Waals surface area contributed by atoms with Crippen LogP contribution < -0.4 is 10.1 Å². The first kappa shape index (κ1) is 13.4. The van der Waals surface area contributed by atoms with Crippen LogP contribution in [0.1, 0.15) is 25.3 Å². The molecule has 1 aromatic carbocycles. The number of para-hydroxylation sites is 1. The van der Waals surface area contributed by atoms with Gasteiger partial charge in [0.25, 0.3) is 0 Å². The van der Waals surface area contributed by atoms with Gasteiger partial charge in [-0.15, -0.1) is 0 Å². The molecular formula is C13H19NO3. The predicted molar refractivity (Wildman–Crippen MR) is 66.1 cm³/mol. The lowest BCUT2D eigenvalue weighted by Crippen LogP contribution is -2.24. The van der Waals surface area contributed by atoms with Crippen molar-refractivity contribution in [2.45, 2.75) is 26.3 Å². The Morgan fingerprint density at radius 3 is 2.82 bits per heavy atom. The summed E-state index contributed by atoms with van der Waals surface area (Å²) < 4.78 is 10.2. The molecule has 0 heterocycles. The maximum absolute atomic E-state index is 11.3. The third kappa shape index (κ3) is 4.76. The number of carbonyl (C=O) groups excluding carboxylic acids is 1. The molecule has 0 fully saturated rings. The molecule has 1 rings (SSSR count). The molecule has 1 amide bonds. The van der Waals surface area contributed by atoms with Gasteiger partial charge in [-0.2, -0.15) is 0 Å². The average molecular weight is 237 g/mol. The first-order valence-electron chi connectivity index (χ1n) is 5.80. The van der Waals surface area contributed by atoms with E-state index in [1.54, 1.807) is 7.11 Å². The largest absolute Gasteiger partial charge is 0.496 e. The molecule has 0 aromatic heterocycles. The third-order valence-electron chi connectivity index (χ3n) is 2.35. The van der Waals surface area contributed by atoms with Gasteiger partial charge in [-0.3, -0.25) is 0 Å². The minimum Gasteiger partial charge on any atom is -0.496 e. The Bertz CT molecular complexity index is 352. The molecule has 4 nitrogen and oxygen atoms in total. The van der Waals surface area contributed by atoms with E-state index in [1.807, 2.05) is 24.3 Å². The van der Waals surface area contributed by atoms with Crippen molar-refractivity contribution in [3.63, 3.8) is 0 Å². The molecule has 0 radical (unpaired) electrons. The summed E-state index contributed by atoms with van der Waals surface area (Å²) in [4.78, 5) is 11.3. The number of carbonyl (C=O) groups is 1. The second-order valence-electron chi connectivity index (χ2n) is 3.65. The van der Waals surface area contributed by atoms with Crippen LogP contribution in [0.15, 0.2) is 24.3 Å². The fourth-order valence-corrected chi connectivity index (χ4v) is 1.38. The van der Waals surface area contributed by atoms with Crippen LogP contribution in [-0.4, -0.2) is 19.8 Å². The van der Waals surface area contributed by atoms with Gasteiger partial charge in [0.15, 0.2) is 0 Å². The van der Waals surface area contributed by atoms with Gasteiger partial charge >= 0.3 is 6.09 Å². The number of ether oxygens (including phenoxy) is 2. The molecule has 0 aliphatic heterocycles. The van der Waals surface area contributed by atoms with E-state index in [1.165, 1.54) is 0 Å². The second-order valence-corrected chi connectivity index (χ2v) is 3.65. The summed E-state index contributed by atoms with van der Waals surface area (Å²) in [5, 5.41) is 2.69. The molecule has 0 unspecified atom stereocenters. The summed E-state index contributed by atoms with van der Waals surface area (Å²) in [7, 11) is 1.61. The van der Waals surface area contributed by atoms with Gasteiger partial charge < -0.3 is 14.8 Å². The van der Waals surface area contributed by atoms with E-state index in [0.717, 1.165) is 24.2 Å². The average Bonchev–Trinajstić information content (AvgIpc) is 2.37. The first-order valence-corrected chi connectivity index (χ1v) is 5.80. The lowest BCUT2D eigenvalue weighted by molar-refractivity contribution is 0.144. The van der Waals surface area contributed by atoms with E-state index >= 15 is 0 Å². The molecule has 0 aliphatic carbocycles. The molecule has 4 heteroatoms. The standard InChI is InChI=1S/C13H19NO3/c1-3-4-9-17-13(15)14-10-11-7-5-6-8-12(11)16-2/h5-8H,3-4,9-10H2,1-2H3,(H,14,15). The number of benzene rings is 1.